The topological polar surface area (TPSA) is 71.4 Å². The van der Waals surface area contributed by atoms with E-state index in [2.05, 4.69) is 28.9 Å². The van der Waals surface area contributed by atoms with Crippen LogP contribution in [0, 0.1) is 13.8 Å². The highest BCUT2D eigenvalue weighted by Crippen LogP contribution is 2.31. The summed E-state index contributed by atoms with van der Waals surface area (Å²) in [5.41, 5.74) is 5.22. The lowest BCUT2D eigenvalue weighted by molar-refractivity contribution is -0.116. The van der Waals surface area contributed by atoms with Crippen molar-refractivity contribution in [2.45, 2.75) is 40.3 Å². The molecule has 0 fully saturated rings. The Labute approximate surface area is 194 Å². The standard InChI is InChI=1S/C26H29N3O3S/c1-6-28-24-10-8-7-9-22(24)23-16-20(11-12-25(23)28)27-26(30)19(4)29(33(5,31)32)21-14-17(2)13-18(3)15-21/h7-16,19H,6H2,1-5H3,(H,27,30)/t19-/m0/s1. The number of carbonyl (C=O) groups excluding carboxylic acids is 1. The third-order valence-electron chi connectivity index (χ3n) is 5.91. The Kier molecular flexibility index (Phi) is 5.93. The molecule has 7 heteroatoms. The van der Waals surface area contributed by atoms with Crippen LogP contribution in [0.15, 0.2) is 60.7 Å². The second-order valence-electron chi connectivity index (χ2n) is 8.56. The van der Waals surface area contributed by atoms with Gasteiger partial charge in [-0.3, -0.25) is 9.10 Å². The molecule has 0 radical (unpaired) electrons. The quantitative estimate of drug-likeness (QED) is 0.426. The second-order valence-corrected chi connectivity index (χ2v) is 10.4. The Morgan fingerprint density at radius 1 is 0.970 bits per heavy atom. The number of nitrogens with zero attached hydrogens (tertiary/aromatic N) is 2. The van der Waals surface area contributed by atoms with Gasteiger partial charge in [0.15, 0.2) is 0 Å². The maximum absolute atomic E-state index is 13.2. The van der Waals surface area contributed by atoms with Crippen molar-refractivity contribution in [2.24, 2.45) is 0 Å². The Morgan fingerprint density at radius 3 is 2.24 bits per heavy atom. The van der Waals surface area contributed by atoms with Crippen LogP contribution in [0.3, 0.4) is 0 Å². The summed E-state index contributed by atoms with van der Waals surface area (Å²) in [6, 6.07) is 18.6. The van der Waals surface area contributed by atoms with Crippen LogP contribution >= 0.6 is 0 Å². The summed E-state index contributed by atoms with van der Waals surface area (Å²) in [5, 5.41) is 5.09. The summed E-state index contributed by atoms with van der Waals surface area (Å²) in [7, 11) is -3.68. The zero-order valence-electron chi connectivity index (χ0n) is 19.6. The maximum atomic E-state index is 13.2. The Hall–Kier alpha value is -3.32. The molecule has 3 aromatic carbocycles. The van der Waals surface area contributed by atoms with E-state index >= 15 is 0 Å². The summed E-state index contributed by atoms with van der Waals surface area (Å²) in [6.45, 7) is 8.37. The number of aryl methyl sites for hydroxylation is 3. The summed E-state index contributed by atoms with van der Waals surface area (Å²) in [4.78, 5) is 13.2. The van der Waals surface area contributed by atoms with E-state index in [-0.39, 0.29) is 0 Å². The fraction of sp³-hybridized carbons (Fsp3) is 0.269. The van der Waals surface area contributed by atoms with Gasteiger partial charge in [0.1, 0.15) is 6.04 Å². The lowest BCUT2D eigenvalue weighted by Crippen LogP contribution is -2.45. The van der Waals surface area contributed by atoms with E-state index in [1.807, 2.05) is 50.2 Å². The van der Waals surface area contributed by atoms with Crippen molar-refractivity contribution in [1.29, 1.82) is 0 Å². The summed E-state index contributed by atoms with van der Waals surface area (Å²) in [5.74, 6) is -0.391. The fourth-order valence-electron chi connectivity index (χ4n) is 4.61. The van der Waals surface area contributed by atoms with Gasteiger partial charge in [-0.2, -0.15) is 0 Å². The molecule has 0 unspecified atom stereocenters. The molecule has 6 nitrogen and oxygen atoms in total. The van der Waals surface area contributed by atoms with Crippen LogP contribution < -0.4 is 9.62 Å². The van der Waals surface area contributed by atoms with Crippen molar-refractivity contribution in [3.05, 3.63) is 71.8 Å². The molecule has 1 amide bonds. The van der Waals surface area contributed by atoms with Crippen LogP contribution in [-0.2, 0) is 21.4 Å². The number of nitrogens with one attached hydrogen (secondary N) is 1. The van der Waals surface area contributed by atoms with Crippen molar-refractivity contribution in [1.82, 2.24) is 4.57 Å². The number of hydrogen-bond donors (Lipinski definition) is 1. The lowest BCUT2D eigenvalue weighted by atomic mass is 10.1. The molecule has 33 heavy (non-hydrogen) atoms. The Bertz CT molecular complexity index is 1450. The van der Waals surface area contributed by atoms with Crippen LogP contribution in [0.1, 0.15) is 25.0 Å². The van der Waals surface area contributed by atoms with Crippen LogP contribution in [0.4, 0.5) is 11.4 Å². The van der Waals surface area contributed by atoms with Gasteiger partial charge in [-0.25, -0.2) is 8.42 Å². The van der Waals surface area contributed by atoms with Crippen LogP contribution in [0.5, 0.6) is 0 Å². The molecule has 0 bridgehead atoms. The number of rotatable bonds is 6. The molecule has 0 aliphatic rings. The molecule has 172 valence electrons. The van der Waals surface area contributed by atoms with E-state index in [1.54, 1.807) is 19.1 Å². The molecule has 4 aromatic rings. The first-order chi connectivity index (χ1) is 15.6. The van der Waals surface area contributed by atoms with Crippen molar-refractivity contribution in [2.75, 3.05) is 15.9 Å². The molecule has 0 saturated carbocycles. The van der Waals surface area contributed by atoms with E-state index in [0.717, 1.165) is 45.7 Å². The first-order valence-corrected chi connectivity index (χ1v) is 12.8. The monoisotopic (exact) mass is 463 g/mol. The SMILES string of the molecule is CCn1c2ccccc2c2cc(NC(=O)[C@H](C)N(c3cc(C)cc(C)c3)S(C)(=O)=O)ccc21. The molecule has 0 saturated heterocycles. The van der Waals surface area contributed by atoms with Crippen LogP contribution in [0.25, 0.3) is 21.8 Å². The van der Waals surface area contributed by atoms with Crippen molar-refractivity contribution in [3.8, 4) is 0 Å². The molecule has 1 aromatic heterocycles. The summed E-state index contributed by atoms with van der Waals surface area (Å²) < 4.78 is 28.7. The smallest absolute Gasteiger partial charge is 0.247 e. The van der Waals surface area contributed by atoms with Gasteiger partial charge >= 0.3 is 0 Å². The molecule has 1 N–H and O–H groups in total. The van der Waals surface area contributed by atoms with E-state index in [4.69, 9.17) is 0 Å². The largest absolute Gasteiger partial charge is 0.341 e. The highest BCUT2D eigenvalue weighted by Gasteiger charge is 2.29. The van der Waals surface area contributed by atoms with Gasteiger partial charge in [0.25, 0.3) is 0 Å². The number of amides is 1. The first kappa shape index (κ1) is 22.9. The number of fused-ring (bicyclic) bond motifs is 3. The molecule has 1 heterocycles. The van der Waals surface area contributed by atoms with Gasteiger partial charge in [0.05, 0.1) is 11.9 Å². The number of benzene rings is 3. The average molecular weight is 464 g/mol. The minimum Gasteiger partial charge on any atom is -0.341 e. The number of anilines is 2. The molecule has 1 atom stereocenters. The molecule has 0 aliphatic carbocycles. The van der Waals surface area contributed by atoms with E-state index in [1.165, 1.54) is 4.31 Å². The zero-order chi connectivity index (χ0) is 23.9. The van der Waals surface area contributed by atoms with Crippen molar-refractivity contribution < 1.29 is 13.2 Å². The predicted molar refractivity (Wildman–Crippen MR) is 136 cm³/mol. The molecule has 0 aliphatic heterocycles. The fourth-order valence-corrected chi connectivity index (χ4v) is 5.76. The predicted octanol–water partition coefficient (Wildman–Crippen LogP) is 5.22. The van der Waals surface area contributed by atoms with Gasteiger partial charge < -0.3 is 9.88 Å². The van der Waals surface area contributed by atoms with Gasteiger partial charge in [0.2, 0.25) is 15.9 Å². The van der Waals surface area contributed by atoms with Gasteiger partial charge in [-0.1, -0.05) is 24.3 Å². The highest BCUT2D eigenvalue weighted by atomic mass is 32.2. The third kappa shape index (κ3) is 4.33. The second kappa shape index (κ2) is 8.56. The third-order valence-corrected chi connectivity index (χ3v) is 7.15. The van der Waals surface area contributed by atoms with Gasteiger partial charge in [-0.05, 0) is 75.2 Å². The van der Waals surface area contributed by atoms with E-state index < -0.39 is 22.0 Å². The number of aromatic nitrogens is 1. The van der Waals surface area contributed by atoms with E-state index in [0.29, 0.717) is 11.4 Å². The van der Waals surface area contributed by atoms with Crippen LogP contribution in [0.2, 0.25) is 0 Å². The summed E-state index contributed by atoms with van der Waals surface area (Å²) in [6.07, 6.45) is 1.13. The molecular formula is C26H29N3O3S. The van der Waals surface area contributed by atoms with Gasteiger partial charge in [0, 0.05) is 34.0 Å². The zero-order valence-corrected chi connectivity index (χ0v) is 20.4. The number of sulfonamides is 1. The number of hydrogen-bond acceptors (Lipinski definition) is 3. The Morgan fingerprint density at radius 2 is 1.61 bits per heavy atom. The average Bonchev–Trinajstić information content (AvgIpc) is 3.05. The first-order valence-electron chi connectivity index (χ1n) is 11.0. The minimum atomic E-state index is -3.68. The van der Waals surface area contributed by atoms with Gasteiger partial charge in [-0.15, -0.1) is 0 Å². The lowest BCUT2D eigenvalue weighted by Gasteiger charge is -2.28. The molecule has 0 spiro atoms. The summed E-state index contributed by atoms with van der Waals surface area (Å²) >= 11 is 0. The molecule has 4 rings (SSSR count). The van der Waals surface area contributed by atoms with Crippen LogP contribution in [-0.4, -0.2) is 31.2 Å². The van der Waals surface area contributed by atoms with E-state index in [9.17, 15) is 13.2 Å². The number of para-hydroxylation sites is 1. The maximum Gasteiger partial charge on any atom is 0.247 e. The Balaban J connectivity index is 1.69. The number of carbonyl (C=O) groups is 1. The van der Waals surface area contributed by atoms with Crippen molar-refractivity contribution in [3.63, 3.8) is 0 Å². The highest BCUT2D eigenvalue weighted by molar-refractivity contribution is 7.92. The normalized spacial score (nSPS) is 12.8. The van der Waals surface area contributed by atoms with Crippen molar-refractivity contribution >= 4 is 49.1 Å². The molecular weight excluding hydrogens is 434 g/mol. The minimum absolute atomic E-state index is 0.391.